The van der Waals surface area contributed by atoms with Gasteiger partial charge in [0.05, 0.1) is 6.54 Å². The minimum atomic E-state index is -1.07. The van der Waals surface area contributed by atoms with Crippen molar-refractivity contribution in [1.82, 2.24) is 14.9 Å². The van der Waals surface area contributed by atoms with Gasteiger partial charge in [0.2, 0.25) is 11.9 Å². The van der Waals surface area contributed by atoms with Gasteiger partial charge in [0.15, 0.2) is 0 Å². The highest BCUT2D eigenvalue weighted by Crippen LogP contribution is 2.02. The molecule has 0 aliphatic carbocycles. The molecule has 0 saturated carbocycles. The van der Waals surface area contributed by atoms with Gasteiger partial charge in [0.25, 0.3) is 0 Å². The number of aryl methyl sites for hydroxylation is 1. The Hall–Kier alpha value is -2.05. The zero-order valence-electron chi connectivity index (χ0n) is 8.93. The fourth-order valence-corrected chi connectivity index (χ4v) is 1.13. The van der Waals surface area contributed by atoms with Gasteiger partial charge in [0.1, 0.15) is 6.54 Å². The Morgan fingerprint density at radius 2 is 2.25 bits per heavy atom. The predicted molar refractivity (Wildman–Crippen MR) is 57.0 cm³/mol. The quantitative estimate of drug-likeness (QED) is 0.608. The Morgan fingerprint density at radius 1 is 1.50 bits per heavy atom. The molecule has 7 heteroatoms. The zero-order chi connectivity index (χ0) is 12.0. The molecule has 0 atom stereocenters. The lowest BCUT2D eigenvalue weighted by Crippen LogP contribution is -2.34. The largest absolute Gasteiger partial charge is 0.480 e. The van der Waals surface area contributed by atoms with Gasteiger partial charge in [0, 0.05) is 18.9 Å². The van der Waals surface area contributed by atoms with Crippen LogP contribution in [0.25, 0.3) is 0 Å². The van der Waals surface area contributed by atoms with Crippen LogP contribution in [-0.2, 0) is 16.1 Å². The molecule has 0 aromatic carbocycles. The average Bonchev–Trinajstić information content (AvgIpc) is 2.70. The molecular formula is C9H14N4O3. The molecule has 0 bridgehead atoms. The Balaban J connectivity index is 2.34. The Bertz CT molecular complexity index is 375. The molecule has 88 valence electrons. The molecule has 7 nitrogen and oxygen atoms in total. The van der Waals surface area contributed by atoms with Gasteiger partial charge in [-0.3, -0.25) is 9.59 Å². The predicted octanol–water partition coefficient (Wildman–Crippen LogP) is -0.484. The van der Waals surface area contributed by atoms with Crippen molar-refractivity contribution in [2.75, 3.05) is 18.4 Å². The fourth-order valence-electron chi connectivity index (χ4n) is 1.13. The van der Waals surface area contributed by atoms with E-state index in [0.29, 0.717) is 5.95 Å². The van der Waals surface area contributed by atoms with Crippen LogP contribution in [0.5, 0.6) is 0 Å². The smallest absolute Gasteiger partial charge is 0.322 e. The van der Waals surface area contributed by atoms with Gasteiger partial charge in [-0.25, -0.2) is 4.98 Å². The highest BCUT2D eigenvalue weighted by Gasteiger charge is 2.05. The number of hydrogen-bond donors (Lipinski definition) is 3. The number of anilines is 1. The molecule has 0 aliphatic heterocycles. The van der Waals surface area contributed by atoms with Gasteiger partial charge in [-0.2, -0.15) is 0 Å². The third kappa shape index (κ3) is 3.60. The van der Waals surface area contributed by atoms with Gasteiger partial charge in [-0.15, -0.1) is 0 Å². The van der Waals surface area contributed by atoms with E-state index in [4.69, 9.17) is 5.11 Å². The first kappa shape index (κ1) is 12.0. The maximum Gasteiger partial charge on any atom is 0.322 e. The van der Waals surface area contributed by atoms with E-state index in [0.717, 1.165) is 6.54 Å². The number of hydrogen-bond acceptors (Lipinski definition) is 4. The minimum absolute atomic E-state index is 0.00426. The zero-order valence-corrected chi connectivity index (χ0v) is 8.93. The van der Waals surface area contributed by atoms with E-state index in [1.165, 1.54) is 0 Å². The Labute approximate surface area is 92.5 Å². The molecule has 1 aromatic heterocycles. The summed E-state index contributed by atoms with van der Waals surface area (Å²) in [5.74, 6) is -0.857. The molecule has 0 aliphatic rings. The van der Waals surface area contributed by atoms with Crippen LogP contribution in [0.4, 0.5) is 5.95 Å². The van der Waals surface area contributed by atoms with E-state index in [1.807, 2.05) is 11.5 Å². The minimum Gasteiger partial charge on any atom is -0.480 e. The van der Waals surface area contributed by atoms with Crippen molar-refractivity contribution in [3.05, 3.63) is 12.4 Å². The van der Waals surface area contributed by atoms with Crippen LogP contribution in [0.1, 0.15) is 6.92 Å². The molecule has 1 aromatic rings. The van der Waals surface area contributed by atoms with Gasteiger partial charge >= 0.3 is 5.97 Å². The third-order valence-electron chi connectivity index (χ3n) is 1.90. The highest BCUT2D eigenvalue weighted by molar-refractivity contribution is 5.83. The lowest BCUT2D eigenvalue weighted by atomic mass is 10.5. The number of nitrogens with one attached hydrogen (secondary N) is 2. The molecule has 0 fully saturated rings. The summed E-state index contributed by atoms with van der Waals surface area (Å²) in [5, 5.41) is 13.4. The van der Waals surface area contributed by atoms with Crippen LogP contribution in [0.15, 0.2) is 12.4 Å². The van der Waals surface area contributed by atoms with Crippen LogP contribution in [0, 0.1) is 0 Å². The summed E-state index contributed by atoms with van der Waals surface area (Å²) >= 11 is 0. The Morgan fingerprint density at radius 3 is 2.88 bits per heavy atom. The maximum atomic E-state index is 11.2. The molecule has 0 spiro atoms. The van der Waals surface area contributed by atoms with Gasteiger partial charge in [-0.05, 0) is 6.92 Å². The summed E-state index contributed by atoms with van der Waals surface area (Å²) in [6, 6.07) is 0. The van der Waals surface area contributed by atoms with Crippen LogP contribution >= 0.6 is 0 Å². The number of carbonyl (C=O) groups excluding carboxylic acids is 1. The Kier molecular flexibility index (Phi) is 4.31. The number of aliphatic carboxylic acids is 1. The number of nitrogens with zero attached hydrogens (tertiary/aromatic N) is 2. The first-order valence-electron chi connectivity index (χ1n) is 4.87. The molecule has 3 N–H and O–H groups in total. The van der Waals surface area contributed by atoms with Crippen molar-refractivity contribution in [3.8, 4) is 0 Å². The number of carboxylic acids is 1. The van der Waals surface area contributed by atoms with Crippen molar-refractivity contribution in [2.24, 2.45) is 0 Å². The summed E-state index contributed by atoms with van der Waals surface area (Å²) in [6.45, 7) is 2.34. The van der Waals surface area contributed by atoms with Crippen LogP contribution < -0.4 is 10.6 Å². The van der Waals surface area contributed by atoms with Crippen molar-refractivity contribution >= 4 is 17.8 Å². The second-order valence-corrected chi connectivity index (χ2v) is 3.06. The van der Waals surface area contributed by atoms with E-state index in [-0.39, 0.29) is 19.0 Å². The number of carboxylic acid groups (broad SMARTS) is 1. The summed E-state index contributed by atoms with van der Waals surface area (Å²) in [7, 11) is 0. The van der Waals surface area contributed by atoms with E-state index in [1.54, 1.807) is 12.4 Å². The van der Waals surface area contributed by atoms with E-state index >= 15 is 0 Å². The van der Waals surface area contributed by atoms with E-state index in [9.17, 15) is 9.59 Å². The monoisotopic (exact) mass is 226 g/mol. The number of aromatic nitrogens is 2. The number of carbonyl (C=O) groups is 2. The molecule has 1 rings (SSSR count). The van der Waals surface area contributed by atoms with Crippen molar-refractivity contribution in [3.63, 3.8) is 0 Å². The average molecular weight is 226 g/mol. The molecule has 16 heavy (non-hydrogen) atoms. The normalized spacial score (nSPS) is 9.81. The lowest BCUT2D eigenvalue weighted by molar-refractivity contribution is -0.137. The van der Waals surface area contributed by atoms with Crippen molar-refractivity contribution < 1.29 is 14.7 Å². The summed E-state index contributed by atoms with van der Waals surface area (Å²) in [4.78, 5) is 25.4. The highest BCUT2D eigenvalue weighted by atomic mass is 16.4. The number of amides is 1. The van der Waals surface area contributed by atoms with Crippen LogP contribution in [0.3, 0.4) is 0 Å². The second kappa shape index (κ2) is 5.74. The summed E-state index contributed by atoms with van der Waals surface area (Å²) < 4.78 is 1.84. The summed E-state index contributed by atoms with van der Waals surface area (Å²) in [6.07, 6.45) is 3.42. The topological polar surface area (TPSA) is 96.3 Å². The molecular weight excluding hydrogens is 212 g/mol. The molecule has 1 heterocycles. The third-order valence-corrected chi connectivity index (χ3v) is 1.90. The molecule has 0 saturated heterocycles. The van der Waals surface area contributed by atoms with Crippen LogP contribution in [-0.4, -0.2) is 39.6 Å². The fraction of sp³-hybridized carbons (Fsp3) is 0.444. The van der Waals surface area contributed by atoms with Crippen molar-refractivity contribution in [1.29, 1.82) is 0 Å². The SMILES string of the molecule is CCn1ccnc1NCC(=O)NCC(=O)O. The molecule has 1 amide bonds. The van der Waals surface area contributed by atoms with Gasteiger partial charge < -0.3 is 20.3 Å². The standard InChI is InChI=1S/C9H14N4O3/c1-2-13-4-3-10-9(13)12-5-7(14)11-6-8(15)16/h3-4H,2,5-6H2,1H3,(H,10,12)(H,11,14)(H,15,16). The molecule has 0 radical (unpaired) electrons. The van der Waals surface area contributed by atoms with E-state index < -0.39 is 5.97 Å². The first-order valence-corrected chi connectivity index (χ1v) is 4.87. The number of rotatable bonds is 6. The maximum absolute atomic E-state index is 11.2. The van der Waals surface area contributed by atoms with Gasteiger partial charge in [-0.1, -0.05) is 0 Å². The van der Waals surface area contributed by atoms with E-state index in [2.05, 4.69) is 15.6 Å². The van der Waals surface area contributed by atoms with Crippen molar-refractivity contribution in [2.45, 2.75) is 13.5 Å². The summed E-state index contributed by atoms with van der Waals surface area (Å²) in [5.41, 5.74) is 0. The van der Waals surface area contributed by atoms with Crippen LogP contribution in [0.2, 0.25) is 0 Å². The first-order chi connectivity index (χ1) is 7.63. The lowest BCUT2D eigenvalue weighted by Gasteiger charge is -2.07. The number of imidazole rings is 1. The molecule has 0 unspecified atom stereocenters. The second-order valence-electron chi connectivity index (χ2n) is 3.06.